The number of ether oxygens (including phenoxy) is 4. The molecule has 1 fully saturated rings. The van der Waals surface area contributed by atoms with Crippen LogP contribution in [-0.4, -0.2) is 73.4 Å². The van der Waals surface area contributed by atoms with Crippen molar-refractivity contribution < 1.29 is 33.6 Å². The molecule has 1 amide bonds. The number of anilines is 1. The van der Waals surface area contributed by atoms with Crippen LogP contribution in [0.5, 0.6) is 28.7 Å². The van der Waals surface area contributed by atoms with E-state index >= 15 is 0 Å². The van der Waals surface area contributed by atoms with Gasteiger partial charge in [-0.3, -0.25) is 9.69 Å². The zero-order valence-corrected chi connectivity index (χ0v) is 32.1. The van der Waals surface area contributed by atoms with Crippen LogP contribution in [0.2, 0.25) is 10.0 Å². The first-order valence-electron chi connectivity index (χ1n) is 18.5. The molecule has 0 bridgehead atoms. The maximum absolute atomic E-state index is 13.6. The predicted molar refractivity (Wildman–Crippen MR) is 207 cm³/mol. The zero-order chi connectivity index (χ0) is 37.8. The summed E-state index contributed by atoms with van der Waals surface area (Å²) in [6.45, 7) is 12.1. The average molecular weight is 773 g/mol. The minimum Gasteiger partial charge on any atom is -0.505 e. The molecule has 54 heavy (non-hydrogen) atoms. The van der Waals surface area contributed by atoms with Gasteiger partial charge in [-0.1, -0.05) is 48.3 Å². The van der Waals surface area contributed by atoms with Crippen molar-refractivity contribution in [2.24, 2.45) is 0 Å². The van der Waals surface area contributed by atoms with Crippen molar-refractivity contribution in [2.75, 3.05) is 50.8 Å². The van der Waals surface area contributed by atoms with E-state index in [2.05, 4.69) is 48.0 Å². The van der Waals surface area contributed by atoms with Gasteiger partial charge >= 0.3 is 5.97 Å². The van der Waals surface area contributed by atoms with Crippen LogP contribution in [0.25, 0.3) is 0 Å². The molecule has 282 valence electrons. The van der Waals surface area contributed by atoms with Crippen LogP contribution in [0.3, 0.4) is 0 Å². The Bertz CT molecular complexity index is 2110. The van der Waals surface area contributed by atoms with E-state index in [9.17, 15) is 14.7 Å². The number of nitrogens with one attached hydrogen (secondary N) is 1. The lowest BCUT2D eigenvalue weighted by Gasteiger charge is -2.48. The lowest BCUT2D eigenvalue weighted by Crippen LogP contribution is -2.49. The monoisotopic (exact) mass is 771 g/mol. The summed E-state index contributed by atoms with van der Waals surface area (Å²) < 4.78 is 24.8. The molecule has 12 heteroatoms. The topological polar surface area (TPSA) is 110 Å². The number of hydrogen-bond donors (Lipinski definition) is 2. The SMILES string of the molecule is CC1CC(C)(C)N(CCCC(=O)NCCN2CCOCC2)c2cc3c(cc21)C1(OC(=O)c2ccccc21)c1ccc(Oc2cc(Cl)c(O)c(Cl)c2)cc1O3. The van der Waals surface area contributed by atoms with E-state index in [0.29, 0.717) is 60.1 Å². The van der Waals surface area contributed by atoms with Crippen molar-refractivity contribution in [1.82, 2.24) is 10.2 Å². The van der Waals surface area contributed by atoms with Crippen LogP contribution in [0.1, 0.15) is 78.6 Å². The van der Waals surface area contributed by atoms with Gasteiger partial charge in [0.2, 0.25) is 5.91 Å². The number of carbonyl (C=O) groups excluding carboxylic acids is 2. The minimum absolute atomic E-state index is 0.0515. The van der Waals surface area contributed by atoms with Gasteiger partial charge in [0.05, 0.1) is 28.8 Å². The molecular weight excluding hydrogens is 729 g/mol. The van der Waals surface area contributed by atoms with Gasteiger partial charge in [0.25, 0.3) is 0 Å². The van der Waals surface area contributed by atoms with Gasteiger partial charge in [-0.2, -0.15) is 0 Å². The van der Waals surface area contributed by atoms with Gasteiger partial charge in [-0.25, -0.2) is 4.79 Å². The first-order chi connectivity index (χ1) is 25.9. The van der Waals surface area contributed by atoms with E-state index in [4.69, 9.17) is 42.1 Å². The zero-order valence-electron chi connectivity index (χ0n) is 30.5. The third kappa shape index (κ3) is 6.53. The molecule has 0 aliphatic carbocycles. The number of phenolic OH excluding ortho intramolecular Hbond substituents is 1. The summed E-state index contributed by atoms with van der Waals surface area (Å²) in [6.07, 6.45) is 2.01. The fourth-order valence-electron chi connectivity index (χ4n) is 8.52. The number of carbonyl (C=O) groups is 2. The summed E-state index contributed by atoms with van der Waals surface area (Å²) in [5, 5.41) is 13.3. The Morgan fingerprint density at radius 3 is 2.46 bits per heavy atom. The highest BCUT2D eigenvalue weighted by Gasteiger charge is 2.54. The summed E-state index contributed by atoms with van der Waals surface area (Å²) >= 11 is 12.4. The number of rotatable bonds is 9. The van der Waals surface area contributed by atoms with Crippen LogP contribution >= 0.6 is 23.2 Å². The second-order valence-corrected chi connectivity index (χ2v) is 15.9. The largest absolute Gasteiger partial charge is 0.505 e. The van der Waals surface area contributed by atoms with Gasteiger partial charge in [0, 0.05) is 91.3 Å². The third-order valence-corrected chi connectivity index (χ3v) is 11.6. The molecular formula is C42H43Cl2N3O7. The van der Waals surface area contributed by atoms with Crippen LogP contribution in [-0.2, 0) is 19.9 Å². The Hall–Kier alpha value is -4.48. The average Bonchev–Trinajstić information content (AvgIpc) is 3.43. The van der Waals surface area contributed by atoms with Crippen molar-refractivity contribution in [3.63, 3.8) is 0 Å². The van der Waals surface area contributed by atoms with Crippen LogP contribution in [0.15, 0.2) is 66.7 Å². The van der Waals surface area contributed by atoms with Crippen molar-refractivity contribution in [1.29, 1.82) is 0 Å². The second-order valence-electron chi connectivity index (χ2n) is 15.1. The van der Waals surface area contributed by atoms with E-state index in [1.54, 1.807) is 18.2 Å². The number of aromatic hydroxyl groups is 1. The van der Waals surface area contributed by atoms with Gasteiger partial charge in [-0.05, 0) is 62.4 Å². The van der Waals surface area contributed by atoms with Gasteiger partial charge < -0.3 is 34.3 Å². The molecule has 4 aromatic carbocycles. The Balaban J connectivity index is 1.12. The Labute approximate surface area is 324 Å². The number of morpholine rings is 1. The van der Waals surface area contributed by atoms with Gasteiger partial charge in [-0.15, -0.1) is 0 Å². The highest BCUT2D eigenvalue weighted by atomic mass is 35.5. The summed E-state index contributed by atoms with van der Waals surface area (Å²) in [4.78, 5) is 31.2. The minimum atomic E-state index is -1.26. The molecule has 0 radical (unpaired) electrons. The number of hydrogen-bond acceptors (Lipinski definition) is 9. The number of nitrogens with zero attached hydrogens (tertiary/aromatic N) is 2. The highest BCUT2D eigenvalue weighted by Crippen LogP contribution is 2.59. The number of benzene rings is 4. The normalized spacial score (nSPS) is 21.0. The van der Waals surface area contributed by atoms with E-state index in [1.807, 2.05) is 24.3 Å². The molecule has 4 aliphatic rings. The van der Waals surface area contributed by atoms with E-state index in [1.165, 1.54) is 12.1 Å². The smallest absolute Gasteiger partial charge is 0.340 e. The Morgan fingerprint density at radius 1 is 0.944 bits per heavy atom. The number of fused-ring (bicyclic) bond motifs is 7. The summed E-state index contributed by atoms with van der Waals surface area (Å²) in [5.74, 6) is 1.41. The summed E-state index contributed by atoms with van der Waals surface area (Å²) in [6, 6.07) is 20.1. The Morgan fingerprint density at radius 2 is 1.69 bits per heavy atom. The molecule has 4 aliphatic heterocycles. The van der Waals surface area contributed by atoms with Crippen molar-refractivity contribution in [3.05, 3.63) is 105 Å². The molecule has 2 atom stereocenters. The Kier molecular flexibility index (Phi) is 9.67. The van der Waals surface area contributed by atoms with Crippen LogP contribution in [0.4, 0.5) is 5.69 Å². The molecule has 1 saturated heterocycles. The molecule has 1 spiro atoms. The van der Waals surface area contributed by atoms with Crippen LogP contribution in [0, 0.1) is 0 Å². The summed E-state index contributed by atoms with van der Waals surface area (Å²) in [5.41, 5.74) is 3.38. The number of amides is 1. The highest BCUT2D eigenvalue weighted by molar-refractivity contribution is 6.37. The third-order valence-electron chi connectivity index (χ3n) is 11.1. The van der Waals surface area contributed by atoms with Crippen molar-refractivity contribution >= 4 is 40.8 Å². The van der Waals surface area contributed by atoms with Gasteiger partial charge in [0.1, 0.15) is 23.0 Å². The molecule has 8 rings (SSSR count). The summed E-state index contributed by atoms with van der Waals surface area (Å²) in [7, 11) is 0. The van der Waals surface area contributed by atoms with Crippen LogP contribution < -0.4 is 19.7 Å². The maximum Gasteiger partial charge on any atom is 0.340 e. The number of phenols is 1. The fourth-order valence-corrected chi connectivity index (χ4v) is 8.98. The van der Waals surface area contributed by atoms with E-state index in [0.717, 1.165) is 61.6 Å². The van der Waals surface area contributed by atoms with Gasteiger partial charge in [0.15, 0.2) is 11.4 Å². The fraction of sp³-hybridized carbons (Fsp3) is 0.381. The molecule has 10 nitrogen and oxygen atoms in total. The molecule has 2 N–H and O–H groups in total. The van der Waals surface area contributed by atoms with Crippen molar-refractivity contribution in [2.45, 2.75) is 57.1 Å². The predicted octanol–water partition coefficient (Wildman–Crippen LogP) is 8.38. The second kappa shape index (κ2) is 14.3. The maximum atomic E-state index is 13.6. The quantitative estimate of drug-likeness (QED) is 0.162. The lowest BCUT2D eigenvalue weighted by atomic mass is 9.74. The molecule has 0 aromatic heterocycles. The van der Waals surface area contributed by atoms with Crippen molar-refractivity contribution in [3.8, 4) is 28.7 Å². The van der Waals surface area contributed by atoms with E-state index in [-0.39, 0.29) is 33.2 Å². The number of esters is 1. The number of halogens is 2. The molecule has 4 aromatic rings. The first kappa shape index (κ1) is 36.5. The first-order valence-corrected chi connectivity index (χ1v) is 19.2. The standard InChI is InChI=1S/C42H43Cl2N3O7/c1-25-24-41(2,3)47(13-6-9-38(48)45-12-14-46-15-17-51-18-16-46)35-23-37-32(22-29(25)35)42(30-8-5-4-7-28(30)40(50)54-42)31-11-10-26(21-36(31)53-37)52-27-19-33(43)39(49)34(44)20-27/h4-5,7-8,10-11,19-23,25,49H,6,9,12-18,24H2,1-3H3,(H,45,48). The lowest BCUT2D eigenvalue weighted by molar-refractivity contribution is -0.121. The molecule has 4 heterocycles. The van der Waals surface area contributed by atoms with E-state index < -0.39 is 11.6 Å². The molecule has 0 saturated carbocycles. The molecule has 2 unspecified atom stereocenters.